The summed E-state index contributed by atoms with van der Waals surface area (Å²) in [6, 6.07) is 9.43. The third-order valence-corrected chi connectivity index (χ3v) is 4.74. The van der Waals surface area contributed by atoms with E-state index in [1.807, 2.05) is 52.0 Å². The molecule has 0 radical (unpaired) electrons. The topological polar surface area (TPSA) is 73.3 Å². The average Bonchev–Trinajstić information content (AvgIpc) is 2.81. The number of nitrogens with zero attached hydrogens (tertiary/aromatic N) is 2. The van der Waals surface area contributed by atoms with Crippen molar-refractivity contribution in [2.45, 2.75) is 45.4 Å². The van der Waals surface area contributed by atoms with Gasteiger partial charge in [-0.1, -0.05) is 24.3 Å². The van der Waals surface area contributed by atoms with Crippen molar-refractivity contribution in [3.63, 3.8) is 0 Å². The molecule has 1 aromatic carbocycles. The lowest BCUT2D eigenvalue weighted by Crippen LogP contribution is -2.41. The molecule has 1 amide bonds. The molecular formula is C18H22BN3O3. The summed E-state index contributed by atoms with van der Waals surface area (Å²) in [4.78, 5) is 19.8. The Bertz CT molecular complexity index is 749. The molecule has 0 aliphatic carbocycles. The molecule has 1 aromatic heterocycles. The van der Waals surface area contributed by atoms with Crippen molar-refractivity contribution < 1.29 is 14.1 Å². The lowest BCUT2D eigenvalue weighted by molar-refractivity contribution is 0.00578. The minimum absolute atomic E-state index is 0.233. The zero-order chi connectivity index (χ0) is 18.1. The summed E-state index contributed by atoms with van der Waals surface area (Å²) in [5, 5.41) is 2.85. The summed E-state index contributed by atoms with van der Waals surface area (Å²) in [5.74, 6) is -0.233. The minimum atomic E-state index is -0.414. The van der Waals surface area contributed by atoms with E-state index in [1.54, 1.807) is 12.3 Å². The van der Waals surface area contributed by atoms with Gasteiger partial charge in [0.15, 0.2) is 0 Å². The van der Waals surface area contributed by atoms with Crippen LogP contribution in [0.4, 0.5) is 0 Å². The Hall–Kier alpha value is -2.25. The Morgan fingerprint density at radius 3 is 2.52 bits per heavy atom. The van der Waals surface area contributed by atoms with Crippen LogP contribution >= 0.6 is 0 Å². The zero-order valence-electron chi connectivity index (χ0n) is 14.9. The second kappa shape index (κ2) is 6.57. The fraction of sp³-hybridized carbons (Fsp3) is 0.389. The fourth-order valence-electron chi connectivity index (χ4n) is 2.53. The van der Waals surface area contributed by atoms with Crippen LogP contribution in [0.3, 0.4) is 0 Å². The lowest BCUT2D eigenvalue weighted by atomic mass is 9.78. The van der Waals surface area contributed by atoms with Gasteiger partial charge in [0.25, 0.3) is 5.91 Å². The molecule has 6 nitrogen and oxygen atoms in total. The van der Waals surface area contributed by atoms with Gasteiger partial charge in [-0.3, -0.25) is 4.79 Å². The number of amides is 1. The number of hydrogen-bond acceptors (Lipinski definition) is 5. The Kier molecular flexibility index (Phi) is 4.62. The van der Waals surface area contributed by atoms with Crippen LogP contribution in [-0.4, -0.2) is 34.2 Å². The molecule has 0 bridgehead atoms. The first-order valence-corrected chi connectivity index (χ1v) is 8.27. The molecule has 7 heteroatoms. The SMILES string of the molecule is CC1(C)OB(c2cccc(CNC(=O)c3ccncn3)c2)OC1(C)C. The summed E-state index contributed by atoms with van der Waals surface area (Å²) >= 11 is 0. The summed E-state index contributed by atoms with van der Waals surface area (Å²) < 4.78 is 12.1. The average molecular weight is 339 g/mol. The predicted molar refractivity (Wildman–Crippen MR) is 95.4 cm³/mol. The number of hydrogen-bond donors (Lipinski definition) is 1. The molecular weight excluding hydrogens is 317 g/mol. The van der Waals surface area contributed by atoms with Crippen LogP contribution in [-0.2, 0) is 15.9 Å². The van der Waals surface area contributed by atoms with Gasteiger partial charge >= 0.3 is 7.12 Å². The van der Waals surface area contributed by atoms with E-state index < -0.39 is 7.12 Å². The normalized spacial score (nSPS) is 18.2. The van der Waals surface area contributed by atoms with Crippen LogP contribution in [0.1, 0.15) is 43.7 Å². The second-order valence-corrected chi connectivity index (χ2v) is 7.11. The van der Waals surface area contributed by atoms with Crippen molar-refractivity contribution in [2.75, 3.05) is 0 Å². The van der Waals surface area contributed by atoms with Crippen LogP contribution in [0.25, 0.3) is 0 Å². The lowest BCUT2D eigenvalue weighted by Gasteiger charge is -2.32. The van der Waals surface area contributed by atoms with Gasteiger partial charge in [-0.15, -0.1) is 0 Å². The van der Waals surface area contributed by atoms with E-state index in [0.717, 1.165) is 11.0 Å². The van der Waals surface area contributed by atoms with Crippen molar-refractivity contribution in [1.82, 2.24) is 15.3 Å². The van der Waals surface area contributed by atoms with Gasteiger partial charge < -0.3 is 14.6 Å². The first-order chi connectivity index (χ1) is 11.8. The zero-order valence-corrected chi connectivity index (χ0v) is 14.9. The monoisotopic (exact) mass is 339 g/mol. The molecule has 0 saturated carbocycles. The molecule has 25 heavy (non-hydrogen) atoms. The van der Waals surface area contributed by atoms with Crippen LogP contribution in [0.15, 0.2) is 42.9 Å². The molecule has 2 aromatic rings. The van der Waals surface area contributed by atoms with Crippen molar-refractivity contribution in [2.24, 2.45) is 0 Å². The van der Waals surface area contributed by atoms with Crippen LogP contribution in [0.2, 0.25) is 0 Å². The highest BCUT2D eigenvalue weighted by atomic mass is 16.7. The van der Waals surface area contributed by atoms with Crippen molar-refractivity contribution in [1.29, 1.82) is 0 Å². The van der Waals surface area contributed by atoms with Gasteiger partial charge in [-0.2, -0.15) is 0 Å². The summed E-state index contributed by atoms with van der Waals surface area (Å²) in [5.41, 5.74) is 1.49. The molecule has 0 unspecified atom stereocenters. The first-order valence-electron chi connectivity index (χ1n) is 8.27. The van der Waals surface area contributed by atoms with Crippen LogP contribution < -0.4 is 10.8 Å². The Morgan fingerprint density at radius 1 is 1.16 bits per heavy atom. The number of carbonyl (C=O) groups excluding carboxylic acids is 1. The maximum absolute atomic E-state index is 12.1. The third-order valence-electron chi connectivity index (χ3n) is 4.74. The maximum Gasteiger partial charge on any atom is 0.494 e. The largest absolute Gasteiger partial charge is 0.494 e. The summed E-state index contributed by atoms with van der Waals surface area (Å²) in [7, 11) is -0.414. The molecule has 1 aliphatic heterocycles. The number of nitrogens with one attached hydrogen (secondary N) is 1. The van der Waals surface area contributed by atoms with Crippen LogP contribution in [0.5, 0.6) is 0 Å². The van der Waals surface area contributed by atoms with Crippen LogP contribution in [0, 0.1) is 0 Å². The molecule has 1 saturated heterocycles. The molecule has 0 spiro atoms. The molecule has 3 rings (SSSR count). The van der Waals surface area contributed by atoms with Crippen molar-refractivity contribution in [3.05, 3.63) is 54.1 Å². The maximum atomic E-state index is 12.1. The van der Waals surface area contributed by atoms with Gasteiger partial charge in [0.1, 0.15) is 12.0 Å². The number of rotatable bonds is 4. The van der Waals surface area contributed by atoms with Gasteiger partial charge in [-0.25, -0.2) is 9.97 Å². The molecule has 1 aliphatic rings. The van der Waals surface area contributed by atoms with Gasteiger partial charge in [0.2, 0.25) is 0 Å². The molecule has 0 atom stereocenters. The van der Waals surface area contributed by atoms with Gasteiger partial charge in [0, 0.05) is 12.7 Å². The Morgan fingerprint density at radius 2 is 1.88 bits per heavy atom. The highest BCUT2D eigenvalue weighted by Crippen LogP contribution is 2.36. The van der Waals surface area contributed by atoms with Gasteiger partial charge in [-0.05, 0) is 44.8 Å². The number of carbonyl (C=O) groups is 1. The second-order valence-electron chi connectivity index (χ2n) is 7.11. The molecule has 130 valence electrons. The Balaban J connectivity index is 1.68. The quantitative estimate of drug-likeness (QED) is 0.859. The highest BCUT2D eigenvalue weighted by Gasteiger charge is 2.51. The van der Waals surface area contributed by atoms with E-state index in [2.05, 4.69) is 15.3 Å². The van der Waals surface area contributed by atoms with E-state index in [9.17, 15) is 4.79 Å². The van der Waals surface area contributed by atoms with E-state index in [0.29, 0.717) is 12.2 Å². The Labute approximate surface area is 148 Å². The number of benzene rings is 1. The first kappa shape index (κ1) is 17.6. The fourth-order valence-corrected chi connectivity index (χ4v) is 2.53. The summed E-state index contributed by atoms with van der Waals surface area (Å²) in [6.45, 7) is 8.51. The predicted octanol–water partition coefficient (Wildman–Crippen LogP) is 1.71. The van der Waals surface area contributed by atoms with E-state index >= 15 is 0 Å². The minimum Gasteiger partial charge on any atom is -0.399 e. The van der Waals surface area contributed by atoms with E-state index in [-0.39, 0.29) is 17.1 Å². The third kappa shape index (κ3) is 3.72. The summed E-state index contributed by atoms with van der Waals surface area (Å²) in [6.07, 6.45) is 2.90. The van der Waals surface area contributed by atoms with E-state index in [4.69, 9.17) is 9.31 Å². The van der Waals surface area contributed by atoms with Crippen molar-refractivity contribution in [3.8, 4) is 0 Å². The molecule has 2 heterocycles. The van der Waals surface area contributed by atoms with Crippen molar-refractivity contribution >= 4 is 18.5 Å². The number of aromatic nitrogens is 2. The highest BCUT2D eigenvalue weighted by molar-refractivity contribution is 6.62. The van der Waals surface area contributed by atoms with Gasteiger partial charge in [0.05, 0.1) is 11.2 Å². The smallest absolute Gasteiger partial charge is 0.399 e. The van der Waals surface area contributed by atoms with E-state index in [1.165, 1.54) is 6.33 Å². The molecule has 1 fully saturated rings. The molecule has 1 N–H and O–H groups in total. The standard InChI is InChI=1S/C18H22BN3O3/c1-17(2)18(3,4)25-19(24-17)14-7-5-6-13(10-14)11-21-16(23)15-8-9-20-12-22-15/h5-10,12H,11H2,1-4H3,(H,21,23).